The third-order valence-corrected chi connectivity index (χ3v) is 3.89. The Bertz CT molecular complexity index is 830. The number of aryl methyl sites for hydroxylation is 2. The third kappa shape index (κ3) is 2.42. The molecule has 1 aromatic heterocycles. The maximum Gasteiger partial charge on any atom is 0.336 e. The highest BCUT2D eigenvalue weighted by Gasteiger charge is 2.11. The van der Waals surface area contributed by atoms with Crippen LogP contribution < -0.4 is 0 Å². The molecular formula is C18H17NO2. The van der Waals surface area contributed by atoms with Crippen LogP contribution in [0.1, 0.15) is 27.0 Å². The van der Waals surface area contributed by atoms with Gasteiger partial charge in [0, 0.05) is 23.6 Å². The average molecular weight is 279 g/mol. The molecule has 3 rings (SSSR count). The fourth-order valence-electron chi connectivity index (χ4n) is 2.70. The molecule has 0 aliphatic heterocycles. The zero-order valence-electron chi connectivity index (χ0n) is 12.1. The van der Waals surface area contributed by atoms with Gasteiger partial charge in [0.15, 0.2) is 0 Å². The summed E-state index contributed by atoms with van der Waals surface area (Å²) in [4.78, 5) is 11.3. The molecule has 0 saturated carbocycles. The van der Waals surface area contributed by atoms with Gasteiger partial charge in [0.05, 0.1) is 5.56 Å². The number of carboxylic acid groups (broad SMARTS) is 1. The Morgan fingerprint density at radius 1 is 1.14 bits per heavy atom. The van der Waals surface area contributed by atoms with Gasteiger partial charge in [-0.2, -0.15) is 0 Å². The van der Waals surface area contributed by atoms with Crippen LogP contribution in [0.5, 0.6) is 0 Å². The lowest BCUT2D eigenvalue weighted by Gasteiger charge is -2.10. The molecule has 0 amide bonds. The molecule has 0 aliphatic carbocycles. The fraction of sp³-hybridized carbons (Fsp3) is 0.167. The number of aromatic carboxylic acids is 1. The maximum atomic E-state index is 11.3. The molecule has 1 N–H and O–H groups in total. The van der Waals surface area contributed by atoms with Gasteiger partial charge in [0.2, 0.25) is 0 Å². The van der Waals surface area contributed by atoms with Crippen molar-refractivity contribution in [1.82, 2.24) is 4.57 Å². The number of fused-ring (bicyclic) bond motifs is 1. The van der Waals surface area contributed by atoms with Gasteiger partial charge in [-0.15, -0.1) is 0 Å². The second-order valence-corrected chi connectivity index (χ2v) is 5.42. The number of rotatable bonds is 3. The number of nitrogens with zero attached hydrogens (tertiary/aromatic N) is 1. The zero-order valence-corrected chi connectivity index (χ0v) is 12.1. The molecule has 1 heterocycles. The average Bonchev–Trinajstić information content (AvgIpc) is 2.86. The van der Waals surface area contributed by atoms with E-state index in [4.69, 9.17) is 0 Å². The number of carboxylic acids is 1. The van der Waals surface area contributed by atoms with Crippen molar-refractivity contribution in [3.8, 4) is 0 Å². The van der Waals surface area contributed by atoms with Crippen LogP contribution in [0.4, 0.5) is 0 Å². The second kappa shape index (κ2) is 5.09. The third-order valence-electron chi connectivity index (χ3n) is 3.89. The quantitative estimate of drug-likeness (QED) is 0.787. The molecule has 0 unspecified atom stereocenters. The second-order valence-electron chi connectivity index (χ2n) is 5.42. The van der Waals surface area contributed by atoms with E-state index < -0.39 is 5.97 Å². The van der Waals surface area contributed by atoms with Crippen LogP contribution in [0.3, 0.4) is 0 Å². The van der Waals surface area contributed by atoms with Crippen LogP contribution in [0.2, 0.25) is 0 Å². The van der Waals surface area contributed by atoms with E-state index in [2.05, 4.69) is 36.6 Å². The van der Waals surface area contributed by atoms with Crippen molar-refractivity contribution in [1.29, 1.82) is 0 Å². The van der Waals surface area contributed by atoms with Crippen molar-refractivity contribution < 1.29 is 9.90 Å². The van der Waals surface area contributed by atoms with Gasteiger partial charge in [0.1, 0.15) is 0 Å². The van der Waals surface area contributed by atoms with Gasteiger partial charge in [-0.3, -0.25) is 0 Å². The Hall–Kier alpha value is -2.55. The van der Waals surface area contributed by atoms with Crippen LogP contribution in [-0.4, -0.2) is 15.6 Å². The number of hydrogen-bond acceptors (Lipinski definition) is 1. The van der Waals surface area contributed by atoms with Crippen molar-refractivity contribution >= 4 is 16.9 Å². The van der Waals surface area contributed by atoms with E-state index in [1.54, 1.807) is 12.1 Å². The lowest BCUT2D eigenvalue weighted by Crippen LogP contribution is -2.01. The molecular weight excluding hydrogens is 262 g/mol. The number of carbonyl (C=O) groups is 1. The molecule has 3 nitrogen and oxygen atoms in total. The van der Waals surface area contributed by atoms with Crippen molar-refractivity contribution in [2.24, 2.45) is 0 Å². The predicted octanol–water partition coefficient (Wildman–Crippen LogP) is 4.00. The molecule has 0 radical (unpaired) electrons. The van der Waals surface area contributed by atoms with E-state index in [1.807, 2.05) is 18.3 Å². The molecule has 3 aromatic rings. The Kier molecular flexibility index (Phi) is 3.26. The monoisotopic (exact) mass is 279 g/mol. The van der Waals surface area contributed by atoms with Crippen molar-refractivity contribution in [2.45, 2.75) is 20.4 Å². The first-order valence-electron chi connectivity index (χ1n) is 6.93. The molecule has 106 valence electrons. The van der Waals surface area contributed by atoms with Crippen molar-refractivity contribution in [2.75, 3.05) is 0 Å². The first-order chi connectivity index (χ1) is 10.1. The first kappa shape index (κ1) is 13.4. The van der Waals surface area contributed by atoms with Crippen LogP contribution in [0.25, 0.3) is 10.9 Å². The molecule has 2 aromatic carbocycles. The Balaban J connectivity index is 2.08. The lowest BCUT2D eigenvalue weighted by atomic mass is 10.1. The van der Waals surface area contributed by atoms with Crippen LogP contribution >= 0.6 is 0 Å². The number of benzene rings is 2. The summed E-state index contributed by atoms with van der Waals surface area (Å²) in [6.07, 6.45) is 1.96. The Morgan fingerprint density at radius 2 is 1.95 bits per heavy atom. The fourth-order valence-corrected chi connectivity index (χ4v) is 2.70. The van der Waals surface area contributed by atoms with E-state index in [0.717, 1.165) is 17.4 Å². The van der Waals surface area contributed by atoms with Crippen LogP contribution in [0, 0.1) is 13.8 Å². The summed E-state index contributed by atoms with van der Waals surface area (Å²) in [5, 5.41) is 10.0. The largest absolute Gasteiger partial charge is 0.478 e. The maximum absolute atomic E-state index is 11.3. The van der Waals surface area contributed by atoms with Crippen molar-refractivity contribution in [3.05, 3.63) is 70.9 Å². The minimum Gasteiger partial charge on any atom is -0.478 e. The van der Waals surface area contributed by atoms with Crippen molar-refractivity contribution in [3.63, 3.8) is 0 Å². The summed E-state index contributed by atoms with van der Waals surface area (Å²) in [5.41, 5.74) is 5.05. The lowest BCUT2D eigenvalue weighted by molar-refractivity contribution is 0.0699. The van der Waals surface area contributed by atoms with E-state index >= 15 is 0 Å². The minimum absolute atomic E-state index is 0.354. The van der Waals surface area contributed by atoms with Gasteiger partial charge in [-0.25, -0.2) is 4.79 Å². The SMILES string of the molecule is Cc1ccc(C)c(Cn2ccc3c(C(=O)O)cccc32)c1. The van der Waals surface area contributed by atoms with Gasteiger partial charge in [0.25, 0.3) is 0 Å². The van der Waals surface area contributed by atoms with E-state index in [-0.39, 0.29) is 0 Å². The summed E-state index contributed by atoms with van der Waals surface area (Å²) in [6, 6.07) is 13.7. The van der Waals surface area contributed by atoms with Crippen LogP contribution in [0.15, 0.2) is 48.7 Å². The van der Waals surface area contributed by atoms with E-state index in [0.29, 0.717) is 5.56 Å². The summed E-state index contributed by atoms with van der Waals surface area (Å²) < 4.78 is 2.10. The standard InChI is InChI=1S/C18H17NO2/c1-12-6-7-13(2)14(10-12)11-19-9-8-15-16(18(20)21)4-3-5-17(15)19/h3-10H,11H2,1-2H3,(H,20,21). The molecule has 0 spiro atoms. The highest BCUT2D eigenvalue weighted by molar-refractivity contribution is 6.02. The summed E-state index contributed by atoms with van der Waals surface area (Å²) in [7, 11) is 0. The normalized spacial score (nSPS) is 11.0. The Labute approximate surface area is 123 Å². The minimum atomic E-state index is -0.884. The Morgan fingerprint density at radius 3 is 2.71 bits per heavy atom. The molecule has 3 heteroatoms. The summed E-state index contributed by atoms with van der Waals surface area (Å²) in [5.74, 6) is -0.884. The summed E-state index contributed by atoms with van der Waals surface area (Å²) in [6.45, 7) is 4.93. The summed E-state index contributed by atoms with van der Waals surface area (Å²) >= 11 is 0. The van der Waals surface area contributed by atoms with E-state index in [9.17, 15) is 9.90 Å². The molecule has 0 bridgehead atoms. The molecule has 0 atom stereocenters. The highest BCUT2D eigenvalue weighted by Crippen LogP contribution is 2.22. The predicted molar refractivity (Wildman–Crippen MR) is 83.9 cm³/mol. The van der Waals surface area contributed by atoms with Gasteiger partial charge in [-0.1, -0.05) is 29.8 Å². The van der Waals surface area contributed by atoms with Crippen LogP contribution in [-0.2, 0) is 6.54 Å². The number of aromatic nitrogens is 1. The van der Waals surface area contributed by atoms with Gasteiger partial charge in [-0.05, 0) is 43.2 Å². The number of hydrogen-bond donors (Lipinski definition) is 1. The van der Waals surface area contributed by atoms with Gasteiger partial charge < -0.3 is 9.67 Å². The first-order valence-corrected chi connectivity index (χ1v) is 6.93. The topological polar surface area (TPSA) is 42.2 Å². The van der Waals surface area contributed by atoms with E-state index in [1.165, 1.54) is 16.7 Å². The smallest absolute Gasteiger partial charge is 0.336 e. The van der Waals surface area contributed by atoms with Gasteiger partial charge >= 0.3 is 5.97 Å². The molecule has 0 fully saturated rings. The highest BCUT2D eigenvalue weighted by atomic mass is 16.4. The molecule has 0 aliphatic rings. The zero-order chi connectivity index (χ0) is 15.0. The molecule has 0 saturated heterocycles. The molecule has 21 heavy (non-hydrogen) atoms.